The Morgan fingerprint density at radius 3 is 2.64 bits per heavy atom. The van der Waals surface area contributed by atoms with Gasteiger partial charge in [0, 0.05) is 12.3 Å². The zero-order valence-electron chi connectivity index (χ0n) is 15.0. The topological polar surface area (TPSA) is 78.4 Å². The Kier molecular flexibility index (Phi) is 4.60. The highest BCUT2D eigenvalue weighted by molar-refractivity contribution is 7.18. The summed E-state index contributed by atoms with van der Waals surface area (Å²) in [5, 5.41) is 15.6. The molecule has 1 atom stereocenters. The van der Waals surface area contributed by atoms with E-state index in [0.29, 0.717) is 9.88 Å². The van der Waals surface area contributed by atoms with Crippen molar-refractivity contribution in [2.75, 3.05) is 10.6 Å². The van der Waals surface area contributed by atoms with Gasteiger partial charge in [-0.25, -0.2) is 4.39 Å². The summed E-state index contributed by atoms with van der Waals surface area (Å²) in [5.74, 6) is -1.12. The number of thiophene rings is 1. The van der Waals surface area contributed by atoms with Crippen molar-refractivity contribution >= 4 is 33.8 Å². The first-order chi connectivity index (χ1) is 13.4. The van der Waals surface area contributed by atoms with Crippen LogP contribution in [0.2, 0.25) is 0 Å². The average Bonchev–Trinajstić information content (AvgIpc) is 3.00. The highest BCUT2D eigenvalue weighted by atomic mass is 32.1. The van der Waals surface area contributed by atoms with Crippen molar-refractivity contribution in [1.82, 2.24) is 0 Å². The first-order valence-corrected chi connectivity index (χ1v) is 9.53. The third-order valence-corrected chi connectivity index (χ3v) is 6.03. The van der Waals surface area contributed by atoms with Crippen molar-refractivity contribution < 1.29 is 19.1 Å². The number of phenolic OH excluding ortho intramolecular Hbond substituents is 1. The fourth-order valence-corrected chi connectivity index (χ4v) is 4.63. The molecule has 3 N–H and O–H groups in total. The molecule has 3 aromatic rings. The number of phenols is 1. The number of aromatic hydroxyl groups is 1. The van der Waals surface area contributed by atoms with Crippen molar-refractivity contribution in [3.63, 3.8) is 0 Å². The summed E-state index contributed by atoms with van der Waals surface area (Å²) in [4.78, 5) is 25.4. The van der Waals surface area contributed by atoms with E-state index in [-0.39, 0.29) is 29.7 Å². The molecule has 7 heteroatoms. The van der Waals surface area contributed by atoms with E-state index in [0.717, 1.165) is 16.7 Å². The van der Waals surface area contributed by atoms with Crippen LogP contribution in [0.3, 0.4) is 0 Å². The first-order valence-electron chi connectivity index (χ1n) is 8.72. The van der Waals surface area contributed by atoms with Gasteiger partial charge in [0.25, 0.3) is 5.91 Å². The van der Waals surface area contributed by atoms with Crippen LogP contribution < -0.4 is 10.6 Å². The number of anilines is 2. The van der Waals surface area contributed by atoms with E-state index in [1.807, 2.05) is 6.92 Å². The van der Waals surface area contributed by atoms with Crippen LogP contribution in [0.4, 0.5) is 15.1 Å². The highest BCUT2D eigenvalue weighted by Gasteiger charge is 2.33. The molecule has 5 nitrogen and oxygen atoms in total. The molecule has 142 valence electrons. The number of hydrogen-bond donors (Lipinski definition) is 3. The standard InChI is InChI=1S/C21H17FN2O3S/c1-11-18-14(12-6-8-13(25)9-7-12)10-17(26)24-21(18)28-19(11)20(27)23-16-5-3-2-4-15(16)22/h2-9,14,25H,10H2,1H3,(H,23,27)(H,24,26). The zero-order valence-corrected chi connectivity index (χ0v) is 15.8. The van der Waals surface area contributed by atoms with Gasteiger partial charge in [-0.1, -0.05) is 24.3 Å². The van der Waals surface area contributed by atoms with Crippen LogP contribution >= 0.6 is 11.3 Å². The van der Waals surface area contributed by atoms with Crippen LogP contribution in [-0.4, -0.2) is 16.9 Å². The minimum Gasteiger partial charge on any atom is -0.508 e. The maximum Gasteiger partial charge on any atom is 0.266 e. The molecule has 28 heavy (non-hydrogen) atoms. The van der Waals surface area contributed by atoms with E-state index in [1.54, 1.807) is 36.4 Å². The lowest BCUT2D eigenvalue weighted by Gasteiger charge is -2.24. The molecule has 0 fully saturated rings. The number of para-hydroxylation sites is 1. The maximum absolute atomic E-state index is 13.9. The van der Waals surface area contributed by atoms with E-state index in [9.17, 15) is 19.1 Å². The second-order valence-corrected chi connectivity index (χ2v) is 7.65. The molecule has 2 amide bonds. The third kappa shape index (κ3) is 3.25. The summed E-state index contributed by atoms with van der Waals surface area (Å²) in [6.45, 7) is 1.83. The number of amides is 2. The molecule has 4 rings (SSSR count). The Bertz CT molecular complexity index is 1080. The summed E-state index contributed by atoms with van der Waals surface area (Å²) >= 11 is 1.18. The molecule has 2 aromatic carbocycles. The summed E-state index contributed by atoms with van der Waals surface area (Å²) in [7, 11) is 0. The van der Waals surface area contributed by atoms with E-state index in [4.69, 9.17) is 0 Å². The number of carbonyl (C=O) groups excluding carboxylic acids is 2. The van der Waals surface area contributed by atoms with Crippen molar-refractivity contribution in [1.29, 1.82) is 0 Å². The van der Waals surface area contributed by atoms with Crippen molar-refractivity contribution in [2.45, 2.75) is 19.3 Å². The molecule has 1 aromatic heterocycles. The maximum atomic E-state index is 13.9. The lowest BCUT2D eigenvalue weighted by molar-refractivity contribution is -0.116. The quantitative estimate of drug-likeness (QED) is 0.604. The zero-order chi connectivity index (χ0) is 19.8. The van der Waals surface area contributed by atoms with Gasteiger partial charge in [0.05, 0.1) is 15.6 Å². The van der Waals surface area contributed by atoms with Gasteiger partial charge in [0.15, 0.2) is 0 Å². The molecule has 0 bridgehead atoms. The summed E-state index contributed by atoms with van der Waals surface area (Å²) in [6, 6.07) is 12.7. The van der Waals surface area contributed by atoms with Gasteiger partial charge in [-0.15, -0.1) is 11.3 Å². The molecule has 0 saturated carbocycles. The number of rotatable bonds is 3. The van der Waals surface area contributed by atoms with E-state index < -0.39 is 11.7 Å². The first kappa shape index (κ1) is 18.2. The number of fused-ring (bicyclic) bond motifs is 1. The second-order valence-electron chi connectivity index (χ2n) is 6.63. The third-order valence-electron chi connectivity index (χ3n) is 4.81. The van der Waals surface area contributed by atoms with Crippen LogP contribution in [0, 0.1) is 12.7 Å². The number of benzene rings is 2. The molecular weight excluding hydrogens is 379 g/mol. The lowest BCUT2D eigenvalue weighted by atomic mass is 9.85. The van der Waals surface area contributed by atoms with Crippen molar-refractivity contribution in [2.24, 2.45) is 0 Å². The van der Waals surface area contributed by atoms with Gasteiger partial charge in [0.2, 0.25) is 5.91 Å². The number of carbonyl (C=O) groups is 2. The Balaban J connectivity index is 1.72. The fourth-order valence-electron chi connectivity index (χ4n) is 3.45. The van der Waals surface area contributed by atoms with Gasteiger partial charge in [-0.05, 0) is 47.9 Å². The molecule has 0 saturated heterocycles. The predicted molar refractivity (Wildman–Crippen MR) is 107 cm³/mol. The van der Waals surface area contributed by atoms with E-state index >= 15 is 0 Å². The van der Waals surface area contributed by atoms with Gasteiger partial charge in [-0.2, -0.15) is 0 Å². The largest absolute Gasteiger partial charge is 0.508 e. The Labute approximate surface area is 164 Å². The second kappa shape index (κ2) is 7.09. The highest BCUT2D eigenvalue weighted by Crippen LogP contribution is 2.45. The van der Waals surface area contributed by atoms with Crippen molar-refractivity contribution in [3.05, 3.63) is 75.9 Å². The average molecular weight is 396 g/mol. The Morgan fingerprint density at radius 1 is 1.21 bits per heavy atom. The van der Waals surface area contributed by atoms with Crippen LogP contribution in [-0.2, 0) is 4.79 Å². The van der Waals surface area contributed by atoms with Crippen molar-refractivity contribution in [3.8, 4) is 5.75 Å². The number of halogens is 1. The molecular formula is C21H17FN2O3S. The monoisotopic (exact) mass is 396 g/mol. The van der Waals surface area contributed by atoms with Crippen LogP contribution in [0.15, 0.2) is 48.5 Å². The molecule has 2 heterocycles. The fraction of sp³-hybridized carbons (Fsp3) is 0.143. The minimum absolute atomic E-state index is 0.109. The smallest absolute Gasteiger partial charge is 0.266 e. The number of nitrogens with one attached hydrogen (secondary N) is 2. The molecule has 1 unspecified atom stereocenters. The SMILES string of the molecule is Cc1c(C(=O)Nc2ccccc2F)sc2c1C(c1ccc(O)cc1)CC(=O)N2. The summed E-state index contributed by atoms with van der Waals surface area (Å²) in [5.41, 5.74) is 2.63. The number of hydrogen-bond acceptors (Lipinski definition) is 4. The summed E-state index contributed by atoms with van der Waals surface area (Å²) in [6.07, 6.45) is 0.254. The Hall–Kier alpha value is -3.19. The van der Waals surface area contributed by atoms with E-state index in [1.165, 1.54) is 23.5 Å². The molecule has 1 aliphatic heterocycles. The molecule has 0 spiro atoms. The Morgan fingerprint density at radius 2 is 1.93 bits per heavy atom. The van der Waals surface area contributed by atoms with Crippen LogP contribution in [0.5, 0.6) is 5.75 Å². The van der Waals surface area contributed by atoms with Gasteiger partial charge >= 0.3 is 0 Å². The van der Waals surface area contributed by atoms with Crippen LogP contribution in [0.1, 0.15) is 38.7 Å². The minimum atomic E-state index is -0.509. The molecule has 1 aliphatic rings. The van der Waals surface area contributed by atoms with E-state index in [2.05, 4.69) is 10.6 Å². The van der Waals surface area contributed by atoms with Gasteiger partial charge in [0.1, 0.15) is 11.6 Å². The summed E-state index contributed by atoms with van der Waals surface area (Å²) < 4.78 is 13.9. The van der Waals surface area contributed by atoms with Crippen LogP contribution in [0.25, 0.3) is 0 Å². The normalized spacial score (nSPS) is 15.6. The van der Waals surface area contributed by atoms with Gasteiger partial charge in [-0.3, -0.25) is 9.59 Å². The molecule has 0 radical (unpaired) electrons. The lowest BCUT2D eigenvalue weighted by Crippen LogP contribution is -2.22. The predicted octanol–water partition coefficient (Wildman–Crippen LogP) is 4.63. The van der Waals surface area contributed by atoms with Gasteiger partial charge < -0.3 is 15.7 Å². The molecule has 0 aliphatic carbocycles.